The molecule has 2 bridgehead atoms. The molecule has 1 aromatic heterocycles. The molecule has 0 spiro atoms. The number of likely N-dealkylation sites (tertiary alicyclic amines) is 1. The summed E-state index contributed by atoms with van der Waals surface area (Å²) in [6, 6.07) is 10.1. The van der Waals surface area contributed by atoms with Crippen molar-refractivity contribution in [3.05, 3.63) is 47.8 Å². The van der Waals surface area contributed by atoms with Crippen LogP contribution < -0.4 is 4.74 Å². The molecule has 0 saturated carbocycles. The Hall–Kier alpha value is -1.85. The van der Waals surface area contributed by atoms with E-state index in [0.717, 1.165) is 31.3 Å². The quantitative estimate of drug-likeness (QED) is 0.815. The molecule has 144 valence electrons. The van der Waals surface area contributed by atoms with Gasteiger partial charge >= 0.3 is 0 Å². The summed E-state index contributed by atoms with van der Waals surface area (Å²) in [5.74, 6) is 2.39. The summed E-state index contributed by atoms with van der Waals surface area (Å²) in [4.78, 5) is 5.53. The molecule has 4 fully saturated rings. The molecule has 0 aliphatic carbocycles. The van der Waals surface area contributed by atoms with Gasteiger partial charge in [-0.1, -0.05) is 12.1 Å². The first kappa shape index (κ1) is 17.3. The Morgan fingerprint density at radius 3 is 2.56 bits per heavy atom. The molecule has 3 atom stereocenters. The number of benzene rings is 1. The topological polar surface area (TPSA) is 33.5 Å². The van der Waals surface area contributed by atoms with Crippen LogP contribution in [0.1, 0.15) is 36.8 Å². The summed E-state index contributed by atoms with van der Waals surface area (Å²) in [5.41, 5.74) is 2.81. The third-order valence-corrected chi connectivity index (χ3v) is 7.03. The molecule has 5 heterocycles. The molecular weight excluding hydrogens is 336 g/mol. The summed E-state index contributed by atoms with van der Waals surface area (Å²) < 4.78 is 7.41. The summed E-state index contributed by atoms with van der Waals surface area (Å²) in [7, 11) is 1.74. The minimum atomic E-state index is 0.588. The number of nitrogens with zero attached hydrogens (tertiary/aromatic N) is 4. The van der Waals surface area contributed by atoms with Crippen LogP contribution in [0.4, 0.5) is 0 Å². The predicted octanol–water partition coefficient (Wildman–Crippen LogP) is 2.97. The molecule has 0 radical (unpaired) electrons. The second-order valence-electron chi connectivity index (χ2n) is 8.37. The second-order valence-corrected chi connectivity index (χ2v) is 8.37. The fraction of sp³-hybridized carbons (Fsp3) is 0.591. The first-order valence-corrected chi connectivity index (χ1v) is 10.4. The van der Waals surface area contributed by atoms with Gasteiger partial charge in [0.1, 0.15) is 5.75 Å². The highest BCUT2D eigenvalue weighted by Crippen LogP contribution is 2.47. The molecule has 2 aromatic rings. The van der Waals surface area contributed by atoms with Gasteiger partial charge in [-0.3, -0.25) is 14.5 Å². The van der Waals surface area contributed by atoms with Crippen molar-refractivity contribution < 1.29 is 4.74 Å². The van der Waals surface area contributed by atoms with E-state index in [1.807, 2.05) is 4.68 Å². The van der Waals surface area contributed by atoms with Crippen molar-refractivity contribution in [2.24, 2.45) is 5.92 Å². The zero-order chi connectivity index (χ0) is 18.4. The number of ether oxygens (including phenoxy) is 1. The van der Waals surface area contributed by atoms with Gasteiger partial charge in [-0.15, -0.1) is 0 Å². The van der Waals surface area contributed by atoms with Crippen LogP contribution in [-0.2, 0) is 13.1 Å². The lowest BCUT2D eigenvalue weighted by molar-refractivity contribution is -0.00869. The second kappa shape index (κ2) is 6.95. The highest BCUT2D eigenvalue weighted by atomic mass is 16.5. The lowest BCUT2D eigenvalue weighted by atomic mass is 9.75. The first-order chi connectivity index (χ1) is 13.3. The van der Waals surface area contributed by atoms with E-state index in [9.17, 15) is 0 Å². The molecular formula is C22H30N4O. The molecule has 6 rings (SSSR count). The van der Waals surface area contributed by atoms with Crippen molar-refractivity contribution in [3.8, 4) is 5.75 Å². The fourth-order valence-corrected chi connectivity index (χ4v) is 5.76. The Bertz CT molecular complexity index is 778. The van der Waals surface area contributed by atoms with Gasteiger partial charge in [0, 0.05) is 49.4 Å². The maximum atomic E-state index is 5.37. The van der Waals surface area contributed by atoms with Crippen LogP contribution in [0.5, 0.6) is 5.75 Å². The van der Waals surface area contributed by atoms with Crippen molar-refractivity contribution in [1.82, 2.24) is 19.6 Å². The van der Waals surface area contributed by atoms with Gasteiger partial charge in [0.05, 0.1) is 13.3 Å². The first-order valence-electron chi connectivity index (χ1n) is 10.4. The van der Waals surface area contributed by atoms with Crippen LogP contribution >= 0.6 is 0 Å². The monoisotopic (exact) mass is 366 g/mol. The molecule has 5 nitrogen and oxygen atoms in total. The smallest absolute Gasteiger partial charge is 0.118 e. The van der Waals surface area contributed by atoms with Crippen LogP contribution in [0.2, 0.25) is 0 Å². The number of fused-ring (bicyclic) bond motifs is 2. The Balaban J connectivity index is 1.43. The standard InChI is InChI=1S/C22H30N4O/c1-3-26-14-16(12-23-26)13-25-15-20(17-4-6-19(27-2)7-5-17)22-21(25)18-8-10-24(22)11-9-18/h4-7,12,14,18,20-22H,3,8-11,13,15H2,1-2H3/t20-,21+,22+/m1/s1. The lowest BCUT2D eigenvalue weighted by Crippen LogP contribution is -2.59. The molecule has 0 unspecified atom stereocenters. The van der Waals surface area contributed by atoms with Crippen LogP contribution in [0.3, 0.4) is 0 Å². The van der Waals surface area contributed by atoms with Gasteiger partial charge < -0.3 is 4.74 Å². The van der Waals surface area contributed by atoms with Crippen LogP contribution in [0.25, 0.3) is 0 Å². The molecule has 27 heavy (non-hydrogen) atoms. The molecule has 4 saturated heterocycles. The highest BCUT2D eigenvalue weighted by molar-refractivity contribution is 5.33. The van der Waals surface area contributed by atoms with Crippen LogP contribution in [0.15, 0.2) is 36.7 Å². The molecule has 4 aliphatic heterocycles. The fourth-order valence-electron chi connectivity index (χ4n) is 5.76. The number of methoxy groups -OCH3 is 1. The minimum absolute atomic E-state index is 0.588. The molecule has 0 N–H and O–H groups in total. The Morgan fingerprint density at radius 1 is 1.11 bits per heavy atom. The zero-order valence-corrected chi connectivity index (χ0v) is 16.4. The Kier molecular flexibility index (Phi) is 4.44. The molecule has 5 heteroatoms. The van der Waals surface area contributed by atoms with E-state index >= 15 is 0 Å². The van der Waals surface area contributed by atoms with E-state index in [4.69, 9.17) is 4.74 Å². The van der Waals surface area contributed by atoms with Crippen molar-refractivity contribution in [3.63, 3.8) is 0 Å². The summed E-state index contributed by atoms with van der Waals surface area (Å²) in [6.07, 6.45) is 7.00. The van der Waals surface area contributed by atoms with Gasteiger partial charge in [-0.25, -0.2) is 0 Å². The number of hydrogen-bond acceptors (Lipinski definition) is 4. The number of hydrogen-bond donors (Lipinski definition) is 0. The number of rotatable bonds is 5. The third-order valence-electron chi connectivity index (χ3n) is 7.03. The van der Waals surface area contributed by atoms with E-state index in [-0.39, 0.29) is 0 Å². The largest absolute Gasteiger partial charge is 0.497 e. The average molecular weight is 367 g/mol. The number of aryl methyl sites for hydroxylation is 1. The SMILES string of the molecule is CCn1cc(CN2C[C@H](c3ccc(OC)cc3)[C@H]3[C@@H]2C2CCN3CC2)cn1. The summed E-state index contributed by atoms with van der Waals surface area (Å²) in [5, 5.41) is 4.49. The van der Waals surface area contributed by atoms with Gasteiger partial charge in [0.25, 0.3) is 0 Å². The number of piperidine rings is 3. The highest BCUT2D eigenvalue weighted by Gasteiger charge is 2.53. The van der Waals surface area contributed by atoms with Crippen LogP contribution in [0, 0.1) is 5.92 Å². The zero-order valence-electron chi connectivity index (χ0n) is 16.4. The van der Waals surface area contributed by atoms with Gasteiger partial charge in [-0.05, 0) is 56.5 Å². The summed E-state index contributed by atoms with van der Waals surface area (Å²) in [6.45, 7) is 7.82. The molecule has 4 aliphatic rings. The lowest BCUT2D eigenvalue weighted by Gasteiger charge is -2.51. The minimum Gasteiger partial charge on any atom is -0.497 e. The van der Waals surface area contributed by atoms with Crippen molar-refractivity contribution in [2.45, 2.75) is 50.9 Å². The normalized spacial score (nSPS) is 32.6. The van der Waals surface area contributed by atoms with Gasteiger partial charge in [0.2, 0.25) is 0 Å². The van der Waals surface area contributed by atoms with E-state index in [2.05, 4.69) is 58.5 Å². The van der Waals surface area contributed by atoms with Crippen molar-refractivity contribution in [2.75, 3.05) is 26.7 Å². The predicted molar refractivity (Wildman–Crippen MR) is 106 cm³/mol. The van der Waals surface area contributed by atoms with E-state index in [1.165, 1.54) is 37.1 Å². The number of aromatic nitrogens is 2. The van der Waals surface area contributed by atoms with Gasteiger partial charge in [0.15, 0.2) is 0 Å². The van der Waals surface area contributed by atoms with Crippen molar-refractivity contribution in [1.29, 1.82) is 0 Å². The summed E-state index contributed by atoms with van der Waals surface area (Å²) >= 11 is 0. The van der Waals surface area contributed by atoms with Gasteiger partial charge in [-0.2, -0.15) is 5.10 Å². The van der Waals surface area contributed by atoms with E-state index in [1.54, 1.807) is 7.11 Å². The van der Waals surface area contributed by atoms with Crippen LogP contribution in [-0.4, -0.2) is 58.4 Å². The van der Waals surface area contributed by atoms with E-state index < -0.39 is 0 Å². The van der Waals surface area contributed by atoms with E-state index in [0.29, 0.717) is 18.0 Å². The third kappa shape index (κ3) is 2.97. The molecule has 0 amide bonds. The average Bonchev–Trinajstić information content (AvgIpc) is 3.35. The van der Waals surface area contributed by atoms with Crippen molar-refractivity contribution >= 4 is 0 Å². The Labute approximate surface area is 161 Å². The Morgan fingerprint density at radius 2 is 1.89 bits per heavy atom. The maximum Gasteiger partial charge on any atom is 0.118 e. The maximum absolute atomic E-state index is 5.37. The molecule has 1 aromatic carbocycles.